The molecule has 6 heteroatoms. The molecule has 1 aromatic carbocycles. The summed E-state index contributed by atoms with van der Waals surface area (Å²) in [6.07, 6.45) is 0.0883. The molecule has 0 saturated carbocycles. The third kappa shape index (κ3) is 3.68. The minimum Gasteiger partial charge on any atom is -0.469 e. The van der Waals surface area contributed by atoms with Gasteiger partial charge in [-0.05, 0) is 42.3 Å². The van der Waals surface area contributed by atoms with Crippen molar-refractivity contribution >= 4 is 29.2 Å². The van der Waals surface area contributed by atoms with Gasteiger partial charge >= 0.3 is 5.97 Å². The van der Waals surface area contributed by atoms with Crippen LogP contribution in [0.15, 0.2) is 40.8 Å². The van der Waals surface area contributed by atoms with Crippen molar-refractivity contribution in [1.29, 1.82) is 0 Å². The van der Waals surface area contributed by atoms with Crippen molar-refractivity contribution < 1.29 is 18.7 Å². The Hall–Kier alpha value is -2.27. The van der Waals surface area contributed by atoms with Crippen LogP contribution in [0.2, 0.25) is 5.22 Å². The smallest absolute Gasteiger partial charge is 0.307 e. The Bertz CT molecular complexity index is 680. The number of furan rings is 1. The Morgan fingerprint density at radius 3 is 2.55 bits per heavy atom. The van der Waals surface area contributed by atoms with Gasteiger partial charge in [0.15, 0.2) is 11.0 Å². The van der Waals surface area contributed by atoms with Gasteiger partial charge in [-0.15, -0.1) is 0 Å². The van der Waals surface area contributed by atoms with E-state index in [0.29, 0.717) is 5.69 Å². The maximum atomic E-state index is 12.6. The molecule has 0 aliphatic carbocycles. The van der Waals surface area contributed by atoms with Gasteiger partial charge < -0.3 is 14.1 Å². The van der Waals surface area contributed by atoms with Crippen LogP contribution in [0.4, 0.5) is 5.69 Å². The standard InChI is InChI=1S/C16H16ClNO4/c1-11-5-3-4-6-12(11)18(10-9-15(19)21-2)16(20)13-7-8-14(17)22-13/h3-8H,9-10H2,1-2H3. The van der Waals surface area contributed by atoms with Crippen LogP contribution in [0.1, 0.15) is 22.5 Å². The van der Waals surface area contributed by atoms with Gasteiger partial charge in [0.25, 0.3) is 5.91 Å². The first-order valence-corrected chi connectivity index (χ1v) is 7.10. The quantitative estimate of drug-likeness (QED) is 0.791. The fraction of sp³-hybridized carbons (Fsp3) is 0.250. The minimum absolute atomic E-state index is 0.0883. The van der Waals surface area contributed by atoms with Crippen LogP contribution in [0.25, 0.3) is 0 Å². The van der Waals surface area contributed by atoms with Crippen LogP contribution >= 0.6 is 11.6 Å². The second-order valence-electron chi connectivity index (χ2n) is 4.67. The predicted molar refractivity (Wildman–Crippen MR) is 83.2 cm³/mol. The van der Waals surface area contributed by atoms with Crippen molar-refractivity contribution in [3.05, 3.63) is 52.9 Å². The number of anilines is 1. The zero-order valence-electron chi connectivity index (χ0n) is 12.3. The van der Waals surface area contributed by atoms with Crippen LogP contribution in [0.3, 0.4) is 0 Å². The molecule has 0 atom stereocenters. The number of benzene rings is 1. The fourth-order valence-corrected chi connectivity index (χ4v) is 2.21. The molecule has 0 aliphatic heterocycles. The van der Waals surface area contributed by atoms with Crippen molar-refractivity contribution in [2.24, 2.45) is 0 Å². The van der Waals surface area contributed by atoms with Gasteiger partial charge in [0.05, 0.1) is 13.5 Å². The average molecular weight is 322 g/mol. The molecule has 5 nitrogen and oxygen atoms in total. The number of rotatable bonds is 5. The highest BCUT2D eigenvalue weighted by Crippen LogP contribution is 2.23. The summed E-state index contributed by atoms with van der Waals surface area (Å²) in [4.78, 5) is 25.5. The van der Waals surface area contributed by atoms with E-state index in [2.05, 4.69) is 4.74 Å². The Labute approximate surface area is 133 Å². The number of nitrogens with zero attached hydrogens (tertiary/aromatic N) is 1. The zero-order valence-corrected chi connectivity index (χ0v) is 13.1. The highest BCUT2D eigenvalue weighted by atomic mass is 35.5. The monoisotopic (exact) mass is 321 g/mol. The number of aryl methyl sites for hydroxylation is 1. The van der Waals surface area contributed by atoms with Gasteiger partial charge in [-0.1, -0.05) is 18.2 Å². The number of carbonyl (C=O) groups is 2. The van der Waals surface area contributed by atoms with Crippen molar-refractivity contribution in [3.63, 3.8) is 0 Å². The summed E-state index contributed by atoms with van der Waals surface area (Å²) in [7, 11) is 1.31. The molecule has 2 rings (SSSR count). The number of methoxy groups -OCH3 is 1. The van der Waals surface area contributed by atoms with Crippen LogP contribution in [0, 0.1) is 6.92 Å². The number of carbonyl (C=O) groups excluding carboxylic acids is 2. The summed E-state index contributed by atoms with van der Waals surface area (Å²) < 4.78 is 9.81. The van der Waals surface area contributed by atoms with E-state index in [1.54, 1.807) is 0 Å². The number of ether oxygens (including phenoxy) is 1. The zero-order chi connectivity index (χ0) is 16.1. The van der Waals surface area contributed by atoms with Crippen LogP contribution in [-0.4, -0.2) is 25.5 Å². The summed E-state index contributed by atoms with van der Waals surface area (Å²) in [5, 5.41) is 0.140. The molecule has 1 amide bonds. The molecule has 0 saturated heterocycles. The van der Waals surface area contributed by atoms with E-state index in [4.69, 9.17) is 16.0 Å². The van der Waals surface area contributed by atoms with E-state index in [-0.39, 0.29) is 35.8 Å². The molecule has 22 heavy (non-hydrogen) atoms. The summed E-state index contributed by atoms with van der Waals surface area (Å²) >= 11 is 5.72. The minimum atomic E-state index is -0.385. The van der Waals surface area contributed by atoms with Gasteiger partial charge in [0.1, 0.15) is 0 Å². The molecule has 1 heterocycles. The first-order valence-electron chi connectivity index (χ1n) is 6.72. The van der Waals surface area contributed by atoms with Crippen molar-refractivity contribution in [1.82, 2.24) is 0 Å². The van der Waals surface area contributed by atoms with E-state index < -0.39 is 0 Å². The normalized spacial score (nSPS) is 10.3. The Morgan fingerprint density at radius 2 is 1.95 bits per heavy atom. The lowest BCUT2D eigenvalue weighted by Gasteiger charge is -2.23. The van der Waals surface area contributed by atoms with Crippen LogP contribution in [-0.2, 0) is 9.53 Å². The molecule has 0 N–H and O–H groups in total. The average Bonchev–Trinajstić information content (AvgIpc) is 2.95. The fourth-order valence-electron chi connectivity index (χ4n) is 2.07. The van der Waals surface area contributed by atoms with E-state index in [0.717, 1.165) is 5.56 Å². The second-order valence-corrected chi connectivity index (χ2v) is 5.05. The molecular formula is C16H16ClNO4. The first kappa shape index (κ1) is 16.1. The topological polar surface area (TPSA) is 59.8 Å². The lowest BCUT2D eigenvalue weighted by Crippen LogP contribution is -2.33. The lowest BCUT2D eigenvalue weighted by atomic mass is 10.1. The molecule has 0 bridgehead atoms. The van der Waals surface area contributed by atoms with E-state index >= 15 is 0 Å². The van der Waals surface area contributed by atoms with E-state index in [1.807, 2.05) is 31.2 Å². The van der Waals surface area contributed by atoms with Gasteiger partial charge in [0, 0.05) is 12.2 Å². The maximum absolute atomic E-state index is 12.6. The van der Waals surface area contributed by atoms with Crippen molar-refractivity contribution in [3.8, 4) is 0 Å². The van der Waals surface area contributed by atoms with Gasteiger partial charge in [0.2, 0.25) is 0 Å². The highest BCUT2D eigenvalue weighted by molar-refractivity contribution is 6.29. The molecule has 0 unspecified atom stereocenters. The molecule has 116 valence electrons. The van der Waals surface area contributed by atoms with E-state index in [1.165, 1.54) is 24.1 Å². The van der Waals surface area contributed by atoms with Gasteiger partial charge in [-0.2, -0.15) is 0 Å². The Balaban J connectivity index is 2.31. The number of hydrogen-bond donors (Lipinski definition) is 0. The molecule has 0 spiro atoms. The molecule has 0 radical (unpaired) electrons. The molecule has 0 aliphatic rings. The van der Waals surface area contributed by atoms with Crippen LogP contribution in [0.5, 0.6) is 0 Å². The third-order valence-electron chi connectivity index (χ3n) is 3.20. The summed E-state index contributed by atoms with van der Waals surface area (Å²) in [6.45, 7) is 2.08. The summed E-state index contributed by atoms with van der Waals surface area (Å²) in [5.41, 5.74) is 1.63. The largest absolute Gasteiger partial charge is 0.469 e. The first-order chi connectivity index (χ1) is 10.5. The van der Waals surface area contributed by atoms with Crippen molar-refractivity contribution in [2.45, 2.75) is 13.3 Å². The predicted octanol–water partition coefficient (Wildman–Crippen LogP) is 3.45. The maximum Gasteiger partial charge on any atom is 0.307 e. The molecule has 2 aromatic rings. The Morgan fingerprint density at radius 1 is 1.23 bits per heavy atom. The van der Waals surface area contributed by atoms with Gasteiger partial charge in [-0.3, -0.25) is 9.59 Å². The van der Waals surface area contributed by atoms with Crippen molar-refractivity contribution in [2.75, 3.05) is 18.6 Å². The number of esters is 1. The molecule has 1 aromatic heterocycles. The number of amides is 1. The number of para-hydroxylation sites is 1. The summed E-state index contributed by atoms with van der Waals surface area (Å²) in [5.74, 6) is -0.618. The lowest BCUT2D eigenvalue weighted by molar-refractivity contribution is -0.140. The number of halogens is 1. The molecular weight excluding hydrogens is 306 g/mol. The van der Waals surface area contributed by atoms with Crippen LogP contribution < -0.4 is 4.90 Å². The molecule has 0 fully saturated rings. The Kier molecular flexibility index (Phi) is 5.22. The third-order valence-corrected chi connectivity index (χ3v) is 3.41. The van der Waals surface area contributed by atoms with Gasteiger partial charge in [-0.25, -0.2) is 0 Å². The second kappa shape index (κ2) is 7.13. The number of hydrogen-bond acceptors (Lipinski definition) is 4. The highest BCUT2D eigenvalue weighted by Gasteiger charge is 2.22. The summed E-state index contributed by atoms with van der Waals surface area (Å²) in [6, 6.07) is 10.4. The SMILES string of the molecule is COC(=O)CCN(C(=O)c1ccc(Cl)o1)c1ccccc1C. The van der Waals surface area contributed by atoms with E-state index in [9.17, 15) is 9.59 Å².